The van der Waals surface area contributed by atoms with E-state index in [4.69, 9.17) is 53.4 Å². The zero-order chi connectivity index (χ0) is 48.4. The number of hydrogen-bond donors (Lipinski definition) is 10. The lowest BCUT2D eigenvalue weighted by Crippen LogP contribution is -2.33. The molecule has 4 aromatic rings. The zero-order valence-electron chi connectivity index (χ0n) is 34.8. The first-order valence-corrected chi connectivity index (χ1v) is 30.9. The molecule has 0 aromatic carbocycles. The van der Waals surface area contributed by atoms with Gasteiger partial charge in [0.1, 0.15) is 47.7 Å². The van der Waals surface area contributed by atoms with Crippen LogP contribution in [0.2, 0.25) is 0 Å². The Bertz CT molecular complexity index is 2370. The molecule has 13 atom stereocenters. The van der Waals surface area contributed by atoms with Crippen molar-refractivity contribution in [2.24, 2.45) is 0 Å². The average molecular weight is 1110 g/mol. The van der Waals surface area contributed by atoms with E-state index in [1.165, 1.54) is 45.3 Å². The standard InChI is InChI=1S/C31H49ClN10O16P4S4/c1-3-5-7-9-65-30-37-23(33)17-25(39-30)41(13-35-17)27-21(45)19(43)15(55-27)11-53-61(51,63)57-59(47,48)29(32)60(49,50)58-62(52,64)54-12-16-20(44)22(46)28(56-16)42-14-36-18-24(34)38-31(40-26(18)42)66-10-8-6-4-2/h13-16,19-22,27-29,43-46H,3-12H2,1-2H3,(H,47,48)(H,49,50)(H,51,63)(H,52,64)(H2,33,37,39)(H2,34,38,40)/t15-,16-,19-,20-,21-,22-,27-,28-,29?,61?,62?/m1/s1. The molecule has 0 radical (unpaired) electrons. The summed E-state index contributed by atoms with van der Waals surface area (Å²) in [6.07, 6.45) is -3.97. The van der Waals surface area contributed by atoms with Crippen molar-refractivity contribution in [2.45, 2.75) is 117 Å². The third-order valence-corrected chi connectivity index (χ3v) is 22.4. The van der Waals surface area contributed by atoms with Gasteiger partial charge in [-0.15, -0.1) is 0 Å². The van der Waals surface area contributed by atoms with Crippen LogP contribution in [-0.4, -0.2) is 140 Å². The summed E-state index contributed by atoms with van der Waals surface area (Å²) in [5.74, 6) is 1.56. The van der Waals surface area contributed by atoms with Gasteiger partial charge in [0.25, 0.3) is 0 Å². The summed E-state index contributed by atoms with van der Waals surface area (Å²) >= 11 is 17.1. The van der Waals surface area contributed by atoms with Crippen LogP contribution in [-0.2, 0) is 52.6 Å². The van der Waals surface area contributed by atoms with Gasteiger partial charge in [0.05, 0.1) is 25.9 Å². The molecule has 2 saturated heterocycles. The fourth-order valence-electron chi connectivity index (χ4n) is 6.50. The molecule has 0 aliphatic carbocycles. The van der Waals surface area contributed by atoms with Gasteiger partial charge in [-0.05, 0) is 24.6 Å². The number of nitrogens with zero attached hydrogens (tertiary/aromatic N) is 8. The fraction of sp³-hybridized carbons (Fsp3) is 0.677. The number of rotatable bonds is 24. The SMILES string of the molecule is CCCCCSc1nc(N)c2ncn([C@@H]3O[C@H](COP(=O)(S)OP(=O)(O)C(Cl)P(=O)(O)OP(O)(=S)OC[C@H]4O[C@@H](n5cnc6c(N)nc(SCCCCC)nc65)[C@H](O)[C@@H]4O)[C@@H](O)[C@H]3O)c2n1. The van der Waals surface area contributed by atoms with Crippen molar-refractivity contribution in [3.63, 3.8) is 0 Å². The number of thioether (sulfide) groups is 2. The van der Waals surface area contributed by atoms with Gasteiger partial charge >= 0.3 is 28.7 Å². The molecule has 370 valence electrons. The number of anilines is 2. The largest absolute Gasteiger partial charge is 0.393 e. The molecule has 2 aliphatic heterocycles. The van der Waals surface area contributed by atoms with Crippen molar-refractivity contribution in [3.8, 4) is 0 Å². The minimum Gasteiger partial charge on any atom is -0.387 e. The first kappa shape index (κ1) is 54.2. The Balaban J connectivity index is 1.03. The Morgan fingerprint density at radius 3 is 1.61 bits per heavy atom. The van der Waals surface area contributed by atoms with Crippen LogP contribution in [0, 0.1) is 0 Å². The highest BCUT2D eigenvalue weighted by molar-refractivity contribution is 8.45. The summed E-state index contributed by atoms with van der Waals surface area (Å²) in [5, 5.41) is 44.1. The average Bonchev–Trinajstić information content (AvgIpc) is 4.00. The molecule has 5 unspecified atom stereocenters. The second kappa shape index (κ2) is 22.5. The first-order chi connectivity index (χ1) is 31.0. The summed E-state index contributed by atoms with van der Waals surface area (Å²) < 4.78 is 73.0. The highest BCUT2D eigenvalue weighted by atomic mass is 35.5. The molecule has 6 heterocycles. The molecule has 26 nitrogen and oxygen atoms in total. The summed E-state index contributed by atoms with van der Waals surface area (Å²) in [6, 6.07) is 0. The lowest BCUT2D eigenvalue weighted by Gasteiger charge is -2.26. The van der Waals surface area contributed by atoms with E-state index in [-0.39, 0.29) is 34.0 Å². The number of ether oxygens (including phenoxy) is 2. The molecule has 2 aliphatic rings. The minimum atomic E-state index is -5.79. The molecule has 0 bridgehead atoms. The van der Waals surface area contributed by atoms with Crippen molar-refractivity contribution in [1.82, 2.24) is 39.0 Å². The van der Waals surface area contributed by atoms with Crippen LogP contribution in [0.3, 0.4) is 0 Å². The van der Waals surface area contributed by atoms with E-state index in [1.54, 1.807) is 0 Å². The number of fused-ring (bicyclic) bond motifs is 2. The van der Waals surface area contributed by atoms with E-state index in [9.17, 15) is 48.8 Å². The summed E-state index contributed by atoms with van der Waals surface area (Å²) in [4.78, 5) is 54.7. The molecule has 0 saturated carbocycles. The first-order valence-electron chi connectivity index (χ1n) is 19.9. The molecule has 66 heavy (non-hydrogen) atoms. The van der Waals surface area contributed by atoms with Crippen LogP contribution in [0.15, 0.2) is 23.0 Å². The molecule has 0 spiro atoms. The van der Waals surface area contributed by atoms with Gasteiger partial charge in [-0.3, -0.25) is 22.8 Å². The molecule has 6 rings (SSSR count). The topological polar surface area (TPSA) is 387 Å². The number of nitrogens with two attached hydrogens (primary N) is 2. The van der Waals surface area contributed by atoms with E-state index in [2.05, 4.69) is 64.6 Å². The van der Waals surface area contributed by atoms with Crippen LogP contribution in [0.5, 0.6) is 0 Å². The van der Waals surface area contributed by atoms with Crippen molar-refractivity contribution >= 4 is 122 Å². The monoisotopic (exact) mass is 1100 g/mol. The lowest BCUT2D eigenvalue weighted by molar-refractivity contribution is -0.0485. The van der Waals surface area contributed by atoms with Gasteiger partial charge in [0.15, 0.2) is 45.7 Å². The second-order valence-electron chi connectivity index (χ2n) is 14.8. The van der Waals surface area contributed by atoms with Crippen molar-refractivity contribution in [2.75, 3.05) is 36.2 Å². The van der Waals surface area contributed by atoms with E-state index in [1.807, 2.05) is 0 Å². The van der Waals surface area contributed by atoms with E-state index >= 15 is 0 Å². The Hall–Kier alpha value is -1.14. The van der Waals surface area contributed by atoms with E-state index in [0.717, 1.165) is 50.0 Å². The van der Waals surface area contributed by atoms with Crippen molar-refractivity contribution in [3.05, 3.63) is 12.7 Å². The molecule has 4 aromatic heterocycles. The summed E-state index contributed by atoms with van der Waals surface area (Å²) in [6.45, 7) is -7.61. The number of halogens is 1. The van der Waals surface area contributed by atoms with Crippen LogP contribution in [0.4, 0.5) is 11.6 Å². The second-order valence-corrected chi connectivity index (χ2v) is 28.2. The zero-order valence-corrected chi connectivity index (χ0v) is 42.5. The molecule has 2 fully saturated rings. The van der Waals surface area contributed by atoms with Crippen molar-refractivity contribution < 1.29 is 75.9 Å². The number of aromatic nitrogens is 8. The number of thiol groups is 1. The molecule has 35 heteroatoms. The number of imidazole rings is 2. The molecule has 11 N–H and O–H groups in total. The van der Waals surface area contributed by atoms with Crippen LogP contribution < -0.4 is 11.5 Å². The molecular formula is C31H49ClN10O16P4S4. The number of alkyl halides is 1. The number of nitrogen functional groups attached to an aromatic ring is 2. The maximum absolute atomic E-state index is 13.2. The predicted octanol–water partition coefficient (Wildman–Crippen LogP) is 3.85. The Kier molecular flexibility index (Phi) is 18.5. The van der Waals surface area contributed by atoms with Crippen LogP contribution >= 0.6 is 76.1 Å². The smallest absolute Gasteiger partial charge is 0.387 e. The highest BCUT2D eigenvalue weighted by Gasteiger charge is 2.53. The number of aliphatic hydroxyl groups is 4. The van der Waals surface area contributed by atoms with Gasteiger partial charge in [0.2, 0.25) is 4.86 Å². The van der Waals surface area contributed by atoms with E-state index < -0.39 is 95.9 Å². The summed E-state index contributed by atoms with van der Waals surface area (Å²) in [5.41, 5.74) is 12.9. The Morgan fingerprint density at radius 1 is 0.742 bits per heavy atom. The maximum Gasteiger partial charge on any atom is 0.393 e. The third kappa shape index (κ3) is 12.8. The number of hydrogen-bond acceptors (Lipinski definition) is 24. The number of unbranched alkanes of at least 4 members (excludes halogenated alkanes) is 4. The minimum absolute atomic E-state index is 0.0612. The van der Waals surface area contributed by atoms with Gasteiger partial charge in [-0.25, -0.2) is 43.1 Å². The maximum atomic E-state index is 13.2. The third-order valence-electron chi connectivity index (χ3n) is 9.82. The quantitative estimate of drug-likeness (QED) is 0.0119. The normalized spacial score (nSPS) is 27.7. The Morgan fingerprint density at radius 2 is 1.17 bits per heavy atom. The predicted molar refractivity (Wildman–Crippen MR) is 248 cm³/mol. The van der Waals surface area contributed by atoms with Gasteiger partial charge in [-0.2, -0.15) is 0 Å². The van der Waals surface area contributed by atoms with Gasteiger partial charge in [0, 0.05) is 11.5 Å². The van der Waals surface area contributed by atoms with Gasteiger partial charge in [-0.1, -0.05) is 86.9 Å². The molecular weight excluding hydrogens is 1060 g/mol. The lowest BCUT2D eigenvalue weighted by atomic mass is 10.1. The van der Waals surface area contributed by atoms with E-state index in [0.29, 0.717) is 10.3 Å². The van der Waals surface area contributed by atoms with Gasteiger partial charge < -0.3 is 60.6 Å². The van der Waals surface area contributed by atoms with Crippen LogP contribution in [0.1, 0.15) is 64.8 Å². The fourth-order valence-corrected chi connectivity index (χ4v) is 17.3. The highest BCUT2D eigenvalue weighted by Crippen LogP contribution is 2.77. The van der Waals surface area contributed by atoms with Crippen LogP contribution in [0.25, 0.3) is 22.3 Å². The Labute approximate surface area is 400 Å². The molecule has 0 amide bonds. The van der Waals surface area contributed by atoms with Crippen molar-refractivity contribution in [1.29, 1.82) is 0 Å². The summed E-state index contributed by atoms with van der Waals surface area (Å²) in [7, 11) is -11.6. The number of aliphatic hydroxyl groups excluding tert-OH is 4.